The molecule has 1 fully saturated rings. The Morgan fingerprint density at radius 2 is 0.663 bits per heavy atom. The van der Waals surface area contributed by atoms with Gasteiger partial charge in [0, 0.05) is 0 Å². The van der Waals surface area contributed by atoms with E-state index in [1.165, 1.54) is 321 Å². The number of carbonyl (C=O) groups is 1. The average molecular weight is 1340 g/mol. The lowest BCUT2D eigenvalue weighted by molar-refractivity contribution is -0.303. The number of aliphatic hydroxyl groups excluding tert-OH is 7. The van der Waals surface area contributed by atoms with Crippen LogP contribution in [0.5, 0.6) is 0 Å². The number of ether oxygens (including phenoxy) is 2. The van der Waals surface area contributed by atoms with Gasteiger partial charge in [-0.15, -0.1) is 0 Å². The number of hydrogen-bond donors (Lipinski definition) is 8. The van der Waals surface area contributed by atoms with Crippen LogP contribution in [-0.2, 0) is 14.3 Å². The fraction of sp³-hybridized carbons (Fsp3) is 0.893. The first-order valence-electron chi connectivity index (χ1n) is 41.5. The van der Waals surface area contributed by atoms with E-state index in [-0.39, 0.29) is 12.8 Å². The van der Waals surface area contributed by atoms with E-state index in [1.807, 2.05) is 0 Å². The normalized spacial score (nSPS) is 18.3. The zero-order chi connectivity index (χ0) is 68.8. The minimum atomic E-state index is -1.67. The molecule has 1 amide bonds. The quantitative estimate of drug-likeness (QED) is 0.0215. The summed E-state index contributed by atoms with van der Waals surface area (Å²) in [5, 5.41) is 76.7. The topological polar surface area (TPSA) is 189 Å². The molecule has 9 unspecified atom stereocenters. The SMILES string of the molecule is CCCCCCCCCCCCCCCCC/C=C\C/C=C\CCCCCCCCCCCCCCCCCCC(O)C(=O)NC(COC1OC(CO)C(O)C(O)C1O)C(O)C(O)CCC/C=C/CC/C=C/CCCCCCCCCCCCCCCCCCCCCCC. The lowest BCUT2D eigenvalue weighted by Gasteiger charge is -2.40. The van der Waals surface area contributed by atoms with E-state index >= 15 is 0 Å². The lowest BCUT2D eigenvalue weighted by atomic mass is 9.98. The van der Waals surface area contributed by atoms with Crippen molar-refractivity contribution >= 4 is 5.91 Å². The predicted molar refractivity (Wildman–Crippen MR) is 404 cm³/mol. The third-order valence-corrected chi connectivity index (χ3v) is 20.1. The standard InChI is InChI=1S/C84H159NO10/c1-3-5-7-9-11-13-15-17-19-21-23-25-27-29-31-33-35-36-37-38-39-40-41-42-44-46-48-50-52-54-56-58-60-62-64-66-68-70-72-77(88)83(93)85-75(74-94-84-82(92)81(91)80(90)78(73-86)95-84)79(89)76(87)71-69-67-65-63-61-59-57-55-53-51-49-47-45-43-34-32-30-28-26-24-22-20-18-16-14-12-10-8-6-4-2/h35-36,38-39,55,57,63,65,75-82,84,86-92H,3-34,37,40-54,56,58-62,64,66-74H2,1-2H3,(H,85,93)/b36-35-,39-38-,57-55+,65-63+. The summed E-state index contributed by atoms with van der Waals surface area (Å²) in [6.07, 6.45) is 85.3. The largest absolute Gasteiger partial charge is 0.394 e. The first-order valence-corrected chi connectivity index (χ1v) is 41.5. The van der Waals surface area contributed by atoms with Crippen molar-refractivity contribution in [3.63, 3.8) is 0 Å². The Morgan fingerprint density at radius 1 is 0.368 bits per heavy atom. The van der Waals surface area contributed by atoms with Gasteiger partial charge in [-0.05, 0) is 83.5 Å². The van der Waals surface area contributed by atoms with E-state index in [4.69, 9.17) is 9.47 Å². The maximum Gasteiger partial charge on any atom is 0.249 e. The van der Waals surface area contributed by atoms with Gasteiger partial charge in [0.15, 0.2) is 6.29 Å². The number of unbranched alkanes of at least 4 members (excludes halogenated alkanes) is 54. The Bertz CT molecular complexity index is 1690. The highest BCUT2D eigenvalue weighted by molar-refractivity contribution is 5.80. The van der Waals surface area contributed by atoms with Crippen molar-refractivity contribution in [3.8, 4) is 0 Å². The van der Waals surface area contributed by atoms with Gasteiger partial charge < -0.3 is 50.5 Å². The van der Waals surface area contributed by atoms with Crippen LogP contribution < -0.4 is 5.32 Å². The average Bonchev–Trinajstić information content (AvgIpc) is 0.832. The van der Waals surface area contributed by atoms with Gasteiger partial charge in [0.25, 0.3) is 0 Å². The molecule has 11 nitrogen and oxygen atoms in total. The van der Waals surface area contributed by atoms with Gasteiger partial charge in [0.1, 0.15) is 36.6 Å². The molecule has 0 aromatic heterocycles. The molecular formula is C84H159NO10. The molecule has 9 atom stereocenters. The molecule has 0 saturated carbocycles. The molecule has 560 valence electrons. The van der Waals surface area contributed by atoms with Crippen LogP contribution in [0.3, 0.4) is 0 Å². The number of allylic oxidation sites excluding steroid dienone is 8. The fourth-order valence-electron chi connectivity index (χ4n) is 13.5. The van der Waals surface area contributed by atoms with Crippen molar-refractivity contribution in [2.24, 2.45) is 0 Å². The molecular weight excluding hydrogens is 1180 g/mol. The van der Waals surface area contributed by atoms with Crippen LogP contribution in [0.15, 0.2) is 48.6 Å². The van der Waals surface area contributed by atoms with Crippen molar-refractivity contribution in [1.29, 1.82) is 0 Å². The van der Waals surface area contributed by atoms with Gasteiger partial charge in [0.2, 0.25) is 5.91 Å². The van der Waals surface area contributed by atoms with Crippen LogP contribution in [0, 0.1) is 0 Å². The number of hydrogen-bond acceptors (Lipinski definition) is 10. The Labute approximate surface area is 587 Å². The van der Waals surface area contributed by atoms with Crippen LogP contribution >= 0.6 is 0 Å². The molecule has 1 aliphatic heterocycles. The monoisotopic (exact) mass is 1340 g/mol. The highest BCUT2D eigenvalue weighted by Crippen LogP contribution is 2.24. The van der Waals surface area contributed by atoms with Crippen molar-refractivity contribution in [2.45, 2.75) is 467 Å². The highest BCUT2D eigenvalue weighted by atomic mass is 16.7. The van der Waals surface area contributed by atoms with Crippen LogP contribution in [0.1, 0.15) is 412 Å². The number of nitrogens with one attached hydrogen (secondary N) is 1. The maximum absolute atomic E-state index is 13.3. The molecule has 0 aromatic rings. The third-order valence-electron chi connectivity index (χ3n) is 20.1. The van der Waals surface area contributed by atoms with Crippen molar-refractivity contribution in [1.82, 2.24) is 5.32 Å². The predicted octanol–water partition coefficient (Wildman–Crippen LogP) is 21.8. The molecule has 0 aliphatic carbocycles. The molecule has 8 N–H and O–H groups in total. The second-order valence-electron chi connectivity index (χ2n) is 29.2. The molecule has 1 rings (SSSR count). The van der Waals surface area contributed by atoms with Gasteiger partial charge in [-0.25, -0.2) is 0 Å². The second-order valence-corrected chi connectivity index (χ2v) is 29.2. The molecule has 0 radical (unpaired) electrons. The van der Waals surface area contributed by atoms with Gasteiger partial charge in [0.05, 0.1) is 25.4 Å². The zero-order valence-electron chi connectivity index (χ0n) is 62.4. The van der Waals surface area contributed by atoms with Gasteiger partial charge in [-0.3, -0.25) is 4.79 Å². The Hall–Kier alpha value is -1.93. The maximum atomic E-state index is 13.3. The summed E-state index contributed by atoms with van der Waals surface area (Å²) in [5.74, 6) is -0.705. The van der Waals surface area contributed by atoms with E-state index in [0.29, 0.717) is 19.3 Å². The molecule has 1 aliphatic rings. The van der Waals surface area contributed by atoms with E-state index in [9.17, 15) is 40.5 Å². The van der Waals surface area contributed by atoms with Crippen LogP contribution in [0.2, 0.25) is 0 Å². The van der Waals surface area contributed by atoms with Crippen molar-refractivity contribution in [2.75, 3.05) is 13.2 Å². The molecule has 0 spiro atoms. The summed E-state index contributed by atoms with van der Waals surface area (Å²) >= 11 is 0. The summed E-state index contributed by atoms with van der Waals surface area (Å²) in [7, 11) is 0. The zero-order valence-corrected chi connectivity index (χ0v) is 62.4. The van der Waals surface area contributed by atoms with Crippen LogP contribution in [-0.4, -0.2) is 110 Å². The first kappa shape index (κ1) is 91.1. The van der Waals surface area contributed by atoms with Crippen molar-refractivity contribution in [3.05, 3.63) is 48.6 Å². The summed E-state index contributed by atoms with van der Waals surface area (Å²) < 4.78 is 11.2. The third kappa shape index (κ3) is 58.4. The molecule has 0 bridgehead atoms. The number of carbonyl (C=O) groups excluding carboxylic acids is 1. The molecule has 11 heteroatoms. The molecule has 1 saturated heterocycles. The second kappa shape index (κ2) is 71.9. The van der Waals surface area contributed by atoms with E-state index in [1.54, 1.807) is 0 Å². The van der Waals surface area contributed by atoms with Gasteiger partial charge >= 0.3 is 0 Å². The highest BCUT2D eigenvalue weighted by Gasteiger charge is 2.44. The van der Waals surface area contributed by atoms with Gasteiger partial charge in [-0.1, -0.05) is 377 Å². The molecule has 1 heterocycles. The van der Waals surface area contributed by atoms with Crippen LogP contribution in [0.25, 0.3) is 0 Å². The van der Waals surface area contributed by atoms with Gasteiger partial charge in [-0.2, -0.15) is 0 Å². The Balaban J connectivity index is 2.14. The molecule has 0 aromatic carbocycles. The Kier molecular flexibility index (Phi) is 68.9. The minimum Gasteiger partial charge on any atom is -0.394 e. The minimum absolute atomic E-state index is 0.247. The fourth-order valence-corrected chi connectivity index (χ4v) is 13.5. The number of aliphatic hydroxyl groups is 7. The summed E-state index contributed by atoms with van der Waals surface area (Å²) in [6.45, 7) is 3.51. The van der Waals surface area contributed by atoms with Crippen LogP contribution in [0.4, 0.5) is 0 Å². The Morgan fingerprint density at radius 3 is 1.00 bits per heavy atom. The summed E-state index contributed by atoms with van der Waals surface area (Å²) in [5.41, 5.74) is 0. The summed E-state index contributed by atoms with van der Waals surface area (Å²) in [6, 6.07) is -1.19. The van der Waals surface area contributed by atoms with E-state index in [2.05, 4.69) is 67.8 Å². The lowest BCUT2D eigenvalue weighted by Crippen LogP contribution is -2.60. The summed E-state index contributed by atoms with van der Waals surface area (Å²) in [4.78, 5) is 13.3. The smallest absolute Gasteiger partial charge is 0.249 e. The van der Waals surface area contributed by atoms with E-state index in [0.717, 1.165) is 44.9 Å². The first-order chi connectivity index (χ1) is 46.7. The number of rotatable bonds is 74. The van der Waals surface area contributed by atoms with Crippen molar-refractivity contribution < 1.29 is 50.0 Å². The molecule has 95 heavy (non-hydrogen) atoms. The van der Waals surface area contributed by atoms with E-state index < -0.39 is 74.2 Å². The number of amides is 1.